The Labute approximate surface area is 238 Å². The molecule has 2 saturated heterocycles. The largest absolute Gasteiger partial charge is 0.361 e. The van der Waals surface area contributed by atoms with Gasteiger partial charge in [-0.15, -0.1) is 0 Å². The zero-order valence-electron chi connectivity index (χ0n) is 24.6. The molecule has 0 bridgehead atoms. The molecule has 3 N–H and O–H groups in total. The minimum Gasteiger partial charge on any atom is -0.361 e. The monoisotopic (exact) mass is 543 g/mol. The Kier molecular flexibility index (Phi) is 8.45. The molecule has 5 rings (SSSR count). The number of benzene rings is 2. The average molecular weight is 544 g/mol. The number of nitrogens with one attached hydrogen (secondary N) is 1. The van der Waals surface area contributed by atoms with Crippen molar-refractivity contribution in [2.75, 3.05) is 33.2 Å². The minimum absolute atomic E-state index is 0.196. The average Bonchev–Trinajstić information content (AvgIpc) is 3.40. The van der Waals surface area contributed by atoms with E-state index >= 15 is 0 Å². The molecule has 2 aliphatic heterocycles. The lowest BCUT2D eigenvalue weighted by atomic mass is 9.78. The second-order valence-corrected chi connectivity index (χ2v) is 12.0. The summed E-state index contributed by atoms with van der Waals surface area (Å²) in [6.45, 7) is 9.76. The van der Waals surface area contributed by atoms with Crippen molar-refractivity contribution >= 4 is 22.6 Å². The predicted molar refractivity (Wildman–Crippen MR) is 161 cm³/mol. The normalized spacial score (nSPS) is 19.8. The van der Waals surface area contributed by atoms with E-state index in [-0.39, 0.29) is 11.7 Å². The first-order chi connectivity index (χ1) is 19.2. The lowest BCUT2D eigenvalue weighted by molar-refractivity contribution is -0.155. The second-order valence-electron chi connectivity index (χ2n) is 12.0. The number of likely N-dealkylation sites (N-methyl/N-ethyl adjacent to an activating group) is 1. The number of para-hydroxylation sites is 1. The van der Waals surface area contributed by atoms with Crippen LogP contribution >= 0.6 is 0 Å². The number of nitrogens with zero attached hydrogens (tertiary/aromatic N) is 3. The number of ketones is 1. The van der Waals surface area contributed by atoms with Gasteiger partial charge in [0.1, 0.15) is 0 Å². The van der Waals surface area contributed by atoms with Crippen LogP contribution in [0.15, 0.2) is 48.7 Å². The number of carbonyl (C=O) groups excluding carboxylic acids is 2. The molecule has 1 amide bonds. The first-order valence-corrected chi connectivity index (χ1v) is 14.9. The molecule has 2 aliphatic rings. The summed E-state index contributed by atoms with van der Waals surface area (Å²) in [5, 5.41) is 0.952. The Morgan fingerprint density at radius 3 is 2.40 bits per heavy atom. The Bertz CT molecular complexity index is 1350. The number of hydrogen-bond acceptors (Lipinski definition) is 5. The van der Waals surface area contributed by atoms with Crippen LogP contribution in [0.2, 0.25) is 0 Å². The third-order valence-electron chi connectivity index (χ3n) is 9.48. The number of aryl methyl sites for hydroxylation is 2. The van der Waals surface area contributed by atoms with E-state index in [0.29, 0.717) is 25.7 Å². The molecule has 3 aromatic rings. The number of Topliss-reactive ketones (excluding diaryl/α,β-unsaturated/α-hetero) is 1. The molecule has 3 heterocycles. The van der Waals surface area contributed by atoms with E-state index in [4.69, 9.17) is 5.73 Å². The Morgan fingerprint density at radius 2 is 1.73 bits per heavy atom. The van der Waals surface area contributed by atoms with Crippen LogP contribution in [0, 0.1) is 13.8 Å². The van der Waals surface area contributed by atoms with E-state index in [1.807, 2.05) is 30.5 Å². The molecule has 1 aromatic heterocycles. The lowest BCUT2D eigenvalue weighted by Gasteiger charge is -2.50. The summed E-state index contributed by atoms with van der Waals surface area (Å²) in [6.07, 6.45) is 7.57. The lowest BCUT2D eigenvalue weighted by Crippen LogP contribution is -2.69. The summed E-state index contributed by atoms with van der Waals surface area (Å²) in [6, 6.07) is 13.9. The van der Waals surface area contributed by atoms with Gasteiger partial charge >= 0.3 is 0 Å². The highest BCUT2D eigenvalue weighted by atomic mass is 16.2. The summed E-state index contributed by atoms with van der Waals surface area (Å²) < 4.78 is 0. The standard InChI is InChI=1S/C33H45N5O2/c1-23-12-13-26(20-24(23)2)22-36(4)32(40)33(25(3)39,31(34)29-21-35-30-11-7-6-10-28(29)30)38-18-14-27(15-19-38)37-16-8-5-9-17-37/h6-7,10-13,20-21,27,31,35H,5,8-9,14-19,22,34H2,1-4H3. The molecule has 40 heavy (non-hydrogen) atoms. The zero-order chi connectivity index (χ0) is 28.4. The molecular formula is C33H45N5O2. The number of hydrogen-bond donors (Lipinski definition) is 2. The summed E-state index contributed by atoms with van der Waals surface area (Å²) >= 11 is 0. The molecule has 7 heteroatoms. The Balaban J connectivity index is 1.50. The molecule has 0 spiro atoms. The van der Waals surface area contributed by atoms with Crippen LogP contribution in [0.1, 0.15) is 67.3 Å². The fourth-order valence-electron chi connectivity index (χ4n) is 7.04. The zero-order valence-corrected chi connectivity index (χ0v) is 24.6. The number of fused-ring (bicyclic) bond motifs is 1. The maximum Gasteiger partial charge on any atom is 0.252 e. The van der Waals surface area contributed by atoms with Crippen LogP contribution in [0.4, 0.5) is 0 Å². The van der Waals surface area contributed by atoms with Crippen LogP contribution < -0.4 is 5.73 Å². The summed E-state index contributed by atoms with van der Waals surface area (Å²) in [5.74, 6) is -0.425. The van der Waals surface area contributed by atoms with Crippen LogP contribution in [-0.2, 0) is 16.1 Å². The van der Waals surface area contributed by atoms with Crippen molar-refractivity contribution in [2.24, 2.45) is 5.73 Å². The molecule has 0 radical (unpaired) electrons. The summed E-state index contributed by atoms with van der Waals surface area (Å²) in [7, 11) is 1.80. The highest BCUT2D eigenvalue weighted by molar-refractivity contribution is 6.11. The molecular weight excluding hydrogens is 498 g/mol. The molecule has 214 valence electrons. The highest BCUT2D eigenvalue weighted by Crippen LogP contribution is 2.38. The SMILES string of the molecule is CC(=O)C(C(=O)N(C)Cc1ccc(C)c(C)c1)(C(N)c1c[nH]c2ccccc12)N1CCC(N2CCCCC2)CC1. The fraction of sp³-hybridized carbons (Fsp3) is 0.515. The molecule has 2 unspecified atom stereocenters. The van der Waals surface area contributed by atoms with Crippen molar-refractivity contribution < 1.29 is 9.59 Å². The number of aromatic nitrogens is 1. The van der Waals surface area contributed by atoms with Gasteiger partial charge in [-0.05, 0) is 87.9 Å². The maximum atomic E-state index is 14.7. The molecule has 7 nitrogen and oxygen atoms in total. The highest BCUT2D eigenvalue weighted by Gasteiger charge is 2.56. The van der Waals surface area contributed by atoms with E-state index in [1.54, 1.807) is 18.9 Å². The van der Waals surface area contributed by atoms with E-state index in [0.717, 1.165) is 48.0 Å². The van der Waals surface area contributed by atoms with Gasteiger partial charge in [-0.2, -0.15) is 0 Å². The molecule has 0 aliphatic carbocycles. The smallest absolute Gasteiger partial charge is 0.252 e. The molecule has 2 atom stereocenters. The summed E-state index contributed by atoms with van der Waals surface area (Å²) in [5.41, 5.74) is 10.8. The first-order valence-electron chi connectivity index (χ1n) is 14.9. The van der Waals surface area contributed by atoms with Gasteiger partial charge in [-0.1, -0.05) is 42.8 Å². The van der Waals surface area contributed by atoms with Crippen LogP contribution in [0.3, 0.4) is 0 Å². The van der Waals surface area contributed by atoms with Gasteiger partial charge in [-0.3, -0.25) is 14.5 Å². The van der Waals surface area contributed by atoms with E-state index < -0.39 is 11.6 Å². The molecule has 0 saturated carbocycles. The number of aromatic amines is 1. The quantitative estimate of drug-likeness (QED) is 0.402. The van der Waals surface area contributed by atoms with Crippen molar-refractivity contribution in [3.63, 3.8) is 0 Å². The number of rotatable bonds is 8. The van der Waals surface area contributed by atoms with Crippen LogP contribution in [-0.4, -0.2) is 76.2 Å². The third kappa shape index (κ3) is 5.22. The van der Waals surface area contributed by atoms with Crippen molar-refractivity contribution in [1.29, 1.82) is 0 Å². The van der Waals surface area contributed by atoms with Gasteiger partial charge in [0.05, 0.1) is 6.04 Å². The predicted octanol–water partition coefficient (Wildman–Crippen LogP) is 4.72. The van der Waals surface area contributed by atoms with Crippen LogP contribution in [0.25, 0.3) is 10.9 Å². The van der Waals surface area contributed by atoms with Gasteiger partial charge in [0.25, 0.3) is 5.91 Å². The van der Waals surface area contributed by atoms with Crippen molar-refractivity contribution in [1.82, 2.24) is 19.7 Å². The van der Waals surface area contributed by atoms with E-state index in [9.17, 15) is 9.59 Å². The summed E-state index contributed by atoms with van der Waals surface area (Å²) in [4.78, 5) is 38.4. The first kappa shape index (κ1) is 28.5. The van der Waals surface area contributed by atoms with Gasteiger partial charge in [-0.25, -0.2) is 0 Å². The van der Waals surface area contributed by atoms with Crippen LogP contribution in [0.5, 0.6) is 0 Å². The van der Waals surface area contributed by atoms with Gasteiger partial charge in [0, 0.05) is 49.8 Å². The molecule has 2 fully saturated rings. The van der Waals surface area contributed by atoms with Gasteiger partial charge in [0.2, 0.25) is 0 Å². The van der Waals surface area contributed by atoms with Gasteiger partial charge in [0.15, 0.2) is 11.3 Å². The van der Waals surface area contributed by atoms with E-state index in [2.05, 4.69) is 46.8 Å². The van der Waals surface area contributed by atoms with Crippen molar-refractivity contribution in [2.45, 2.75) is 77.0 Å². The number of piperidine rings is 2. The van der Waals surface area contributed by atoms with E-state index in [1.165, 1.54) is 30.4 Å². The third-order valence-corrected chi connectivity index (χ3v) is 9.48. The number of carbonyl (C=O) groups is 2. The molecule has 2 aromatic carbocycles. The van der Waals surface area contributed by atoms with Gasteiger partial charge < -0.3 is 20.5 Å². The number of likely N-dealkylation sites (tertiary alicyclic amines) is 2. The maximum absolute atomic E-state index is 14.7. The number of nitrogens with two attached hydrogens (primary N) is 1. The van der Waals surface area contributed by atoms with Crippen molar-refractivity contribution in [3.8, 4) is 0 Å². The minimum atomic E-state index is -1.49. The van der Waals surface area contributed by atoms with Crippen molar-refractivity contribution in [3.05, 3.63) is 70.9 Å². The number of H-pyrrole nitrogens is 1. The Morgan fingerprint density at radius 1 is 1.02 bits per heavy atom. The Hall–Kier alpha value is -3.00. The fourth-order valence-corrected chi connectivity index (χ4v) is 7.04. The topological polar surface area (TPSA) is 85.7 Å². The number of amides is 1. The second kappa shape index (κ2) is 11.9.